The summed E-state index contributed by atoms with van der Waals surface area (Å²) in [5.74, 6) is -0.327. The number of benzene rings is 2. The van der Waals surface area contributed by atoms with Crippen molar-refractivity contribution in [3.8, 4) is 0 Å². The van der Waals surface area contributed by atoms with Crippen molar-refractivity contribution in [1.29, 1.82) is 0 Å². The third-order valence-electron chi connectivity index (χ3n) is 3.95. The molecule has 3 nitrogen and oxygen atoms in total. The zero-order chi connectivity index (χ0) is 18.4. The molecule has 5 heteroatoms. The van der Waals surface area contributed by atoms with Crippen molar-refractivity contribution in [2.24, 2.45) is 0 Å². The second-order valence-electron chi connectivity index (χ2n) is 6.12. The minimum atomic E-state index is -0.327. The van der Waals surface area contributed by atoms with Crippen LogP contribution >= 0.6 is 12.2 Å². The molecule has 0 radical (unpaired) electrons. The number of hydrogen-bond donors (Lipinski definition) is 1. The number of nitrogens with zero attached hydrogens (tertiary/aromatic N) is 2. The molecule has 132 valence electrons. The molecule has 3 aromatic rings. The van der Waals surface area contributed by atoms with Gasteiger partial charge in [-0.2, -0.15) is 0 Å². The van der Waals surface area contributed by atoms with Crippen LogP contribution in [-0.2, 0) is 13.1 Å². The van der Waals surface area contributed by atoms with Crippen molar-refractivity contribution in [3.63, 3.8) is 0 Å². The van der Waals surface area contributed by atoms with Gasteiger partial charge in [0.1, 0.15) is 5.82 Å². The SMILES string of the molecule is Cc1cccc(CN(Cc2cccnc2)C(=S)Nc2ccccc2F)c1. The number of thiocarbonyl (C=S) groups is 1. The minimum absolute atomic E-state index is 0.327. The minimum Gasteiger partial charge on any atom is -0.340 e. The molecule has 0 bridgehead atoms. The van der Waals surface area contributed by atoms with Gasteiger partial charge in [-0.3, -0.25) is 4.98 Å². The number of aromatic nitrogens is 1. The van der Waals surface area contributed by atoms with E-state index in [0.717, 1.165) is 11.1 Å². The molecule has 0 spiro atoms. The molecule has 0 aliphatic carbocycles. The van der Waals surface area contributed by atoms with Gasteiger partial charge in [0, 0.05) is 25.5 Å². The Labute approximate surface area is 158 Å². The molecule has 1 N–H and O–H groups in total. The molecule has 0 aliphatic rings. The fraction of sp³-hybridized carbons (Fsp3) is 0.143. The van der Waals surface area contributed by atoms with Crippen molar-refractivity contribution in [1.82, 2.24) is 9.88 Å². The topological polar surface area (TPSA) is 28.2 Å². The highest BCUT2D eigenvalue weighted by molar-refractivity contribution is 7.80. The van der Waals surface area contributed by atoms with Crippen molar-refractivity contribution in [2.75, 3.05) is 5.32 Å². The van der Waals surface area contributed by atoms with Crippen LogP contribution in [0.2, 0.25) is 0 Å². The first-order chi connectivity index (χ1) is 12.6. The zero-order valence-corrected chi connectivity index (χ0v) is 15.3. The summed E-state index contributed by atoms with van der Waals surface area (Å²) in [6, 6.07) is 18.7. The first kappa shape index (κ1) is 18.0. The fourth-order valence-electron chi connectivity index (χ4n) is 2.70. The van der Waals surface area contributed by atoms with Crippen molar-refractivity contribution in [3.05, 3.63) is 95.6 Å². The van der Waals surface area contributed by atoms with E-state index < -0.39 is 0 Å². The van der Waals surface area contributed by atoms with E-state index in [1.807, 2.05) is 29.3 Å². The summed E-state index contributed by atoms with van der Waals surface area (Å²) in [7, 11) is 0. The third kappa shape index (κ3) is 4.86. The van der Waals surface area contributed by atoms with Gasteiger partial charge in [-0.1, -0.05) is 48.0 Å². The molecule has 0 atom stereocenters. The number of hydrogen-bond acceptors (Lipinski definition) is 2. The smallest absolute Gasteiger partial charge is 0.174 e. The first-order valence-electron chi connectivity index (χ1n) is 8.37. The summed E-state index contributed by atoms with van der Waals surface area (Å²) >= 11 is 5.58. The molecule has 0 fully saturated rings. The Morgan fingerprint density at radius 1 is 1.04 bits per heavy atom. The molecule has 1 heterocycles. The Kier molecular flexibility index (Phi) is 5.92. The Morgan fingerprint density at radius 2 is 1.81 bits per heavy atom. The van der Waals surface area contributed by atoms with Crippen LogP contribution in [0.4, 0.5) is 10.1 Å². The summed E-state index contributed by atoms with van der Waals surface area (Å²) in [6.45, 7) is 3.27. The molecular weight excluding hydrogens is 345 g/mol. The highest BCUT2D eigenvalue weighted by Crippen LogP contribution is 2.16. The van der Waals surface area contributed by atoms with Crippen molar-refractivity contribution in [2.45, 2.75) is 20.0 Å². The number of anilines is 1. The maximum Gasteiger partial charge on any atom is 0.174 e. The summed E-state index contributed by atoms with van der Waals surface area (Å²) in [6.07, 6.45) is 3.55. The van der Waals surface area contributed by atoms with Gasteiger partial charge in [0.05, 0.1) is 5.69 Å². The van der Waals surface area contributed by atoms with Gasteiger partial charge in [0.2, 0.25) is 0 Å². The molecule has 0 aliphatic heterocycles. The van der Waals surface area contributed by atoms with Gasteiger partial charge in [-0.05, 0) is 48.5 Å². The standard InChI is InChI=1S/C21H20FN3S/c1-16-6-4-7-17(12-16)14-25(15-18-8-5-11-23-13-18)21(26)24-20-10-3-2-9-19(20)22/h2-13H,14-15H2,1H3,(H,24,26). The van der Waals surface area contributed by atoms with Gasteiger partial charge >= 0.3 is 0 Å². The zero-order valence-electron chi connectivity index (χ0n) is 14.5. The van der Waals surface area contributed by atoms with E-state index in [0.29, 0.717) is 23.9 Å². The molecule has 2 aromatic carbocycles. The average Bonchev–Trinajstić information content (AvgIpc) is 2.64. The normalized spacial score (nSPS) is 10.4. The summed E-state index contributed by atoms with van der Waals surface area (Å²) in [5, 5.41) is 3.50. The van der Waals surface area contributed by atoms with Crippen LogP contribution in [0, 0.1) is 12.7 Å². The van der Waals surface area contributed by atoms with E-state index in [1.54, 1.807) is 24.4 Å². The number of rotatable bonds is 5. The van der Waals surface area contributed by atoms with Crippen LogP contribution in [0.3, 0.4) is 0 Å². The van der Waals surface area contributed by atoms with E-state index in [4.69, 9.17) is 12.2 Å². The number of aryl methyl sites for hydroxylation is 1. The van der Waals surface area contributed by atoms with Crippen LogP contribution in [0.15, 0.2) is 73.1 Å². The van der Waals surface area contributed by atoms with E-state index in [1.165, 1.54) is 11.6 Å². The average molecular weight is 365 g/mol. The summed E-state index contributed by atoms with van der Waals surface area (Å²) in [4.78, 5) is 6.17. The molecule has 0 saturated carbocycles. The Bertz CT molecular complexity index is 883. The fourth-order valence-corrected chi connectivity index (χ4v) is 2.94. The predicted molar refractivity (Wildman–Crippen MR) is 107 cm³/mol. The monoisotopic (exact) mass is 365 g/mol. The van der Waals surface area contributed by atoms with Crippen molar-refractivity contribution >= 4 is 23.0 Å². The maximum atomic E-state index is 14.0. The number of para-hydroxylation sites is 1. The van der Waals surface area contributed by atoms with Gasteiger partial charge in [-0.15, -0.1) is 0 Å². The lowest BCUT2D eigenvalue weighted by Gasteiger charge is -2.26. The third-order valence-corrected chi connectivity index (χ3v) is 4.32. The van der Waals surface area contributed by atoms with Gasteiger partial charge in [0.15, 0.2) is 5.11 Å². The Morgan fingerprint density at radius 3 is 2.54 bits per heavy atom. The number of nitrogens with one attached hydrogen (secondary N) is 1. The molecule has 0 amide bonds. The number of halogens is 1. The van der Waals surface area contributed by atoms with Crippen LogP contribution in [0.5, 0.6) is 0 Å². The van der Waals surface area contributed by atoms with Crippen LogP contribution in [-0.4, -0.2) is 15.0 Å². The second kappa shape index (κ2) is 8.54. The molecule has 1 aromatic heterocycles. The maximum absolute atomic E-state index is 14.0. The number of pyridine rings is 1. The highest BCUT2D eigenvalue weighted by atomic mass is 32.1. The van der Waals surface area contributed by atoms with Crippen molar-refractivity contribution < 1.29 is 4.39 Å². The molecule has 0 unspecified atom stereocenters. The van der Waals surface area contributed by atoms with Crippen LogP contribution < -0.4 is 5.32 Å². The molecule has 0 saturated heterocycles. The Hall–Kier alpha value is -2.79. The molecular formula is C21H20FN3S. The molecule has 3 rings (SSSR count). The predicted octanol–water partition coefficient (Wildman–Crippen LogP) is 4.93. The first-order valence-corrected chi connectivity index (χ1v) is 8.77. The Balaban J connectivity index is 1.81. The summed E-state index contributed by atoms with van der Waals surface area (Å²) < 4.78 is 14.0. The van der Waals surface area contributed by atoms with E-state index in [2.05, 4.69) is 35.4 Å². The van der Waals surface area contributed by atoms with Gasteiger partial charge in [-0.25, -0.2) is 4.39 Å². The molecule has 26 heavy (non-hydrogen) atoms. The lowest BCUT2D eigenvalue weighted by molar-refractivity contribution is 0.412. The lowest BCUT2D eigenvalue weighted by Crippen LogP contribution is -2.34. The van der Waals surface area contributed by atoms with E-state index in [-0.39, 0.29) is 5.82 Å². The van der Waals surface area contributed by atoms with Crippen LogP contribution in [0.25, 0.3) is 0 Å². The van der Waals surface area contributed by atoms with E-state index in [9.17, 15) is 4.39 Å². The van der Waals surface area contributed by atoms with Gasteiger partial charge < -0.3 is 10.2 Å². The quantitative estimate of drug-likeness (QED) is 0.649. The lowest BCUT2D eigenvalue weighted by atomic mass is 10.1. The highest BCUT2D eigenvalue weighted by Gasteiger charge is 2.13. The summed E-state index contributed by atoms with van der Waals surface area (Å²) in [5.41, 5.74) is 3.75. The second-order valence-corrected chi connectivity index (χ2v) is 6.50. The van der Waals surface area contributed by atoms with E-state index >= 15 is 0 Å². The largest absolute Gasteiger partial charge is 0.340 e. The van der Waals surface area contributed by atoms with Crippen LogP contribution in [0.1, 0.15) is 16.7 Å². The van der Waals surface area contributed by atoms with Gasteiger partial charge in [0.25, 0.3) is 0 Å².